The number of nitrogens with zero attached hydrogens (tertiary/aromatic N) is 5. The summed E-state index contributed by atoms with van der Waals surface area (Å²) in [6, 6.07) is 12.3. The van der Waals surface area contributed by atoms with Crippen LogP contribution in [0.4, 0.5) is 4.39 Å². The van der Waals surface area contributed by atoms with E-state index < -0.39 is 0 Å². The lowest BCUT2D eigenvalue weighted by molar-refractivity contribution is 0.251. The monoisotopic (exact) mass is 473 g/mol. The van der Waals surface area contributed by atoms with Gasteiger partial charge < -0.3 is 9.47 Å². The van der Waals surface area contributed by atoms with E-state index in [1.807, 2.05) is 48.6 Å². The molecule has 0 spiro atoms. The summed E-state index contributed by atoms with van der Waals surface area (Å²) in [6.07, 6.45) is 0.837. The van der Waals surface area contributed by atoms with Crippen molar-refractivity contribution in [3.8, 4) is 17.2 Å². The Bertz CT molecular complexity index is 1130. The molecule has 0 aliphatic rings. The lowest BCUT2D eigenvalue weighted by atomic mass is 10.1. The Hall–Kier alpha value is -2.75. The van der Waals surface area contributed by atoms with Gasteiger partial charge in [-0.05, 0) is 88.7 Å². The highest BCUT2D eigenvalue weighted by atomic mass is 32.1. The van der Waals surface area contributed by atoms with Crippen molar-refractivity contribution in [1.29, 1.82) is 0 Å². The number of ether oxygens (including phenoxy) is 2. The molecule has 0 aliphatic carbocycles. The SMILES string of the molecule is COc1ccc(CCN(C)Cn2nc(C(C)N(C)C)n(-c3ccc(F)cc3)c2=S)cc1OC. The number of hydrogen-bond acceptors (Lipinski definition) is 6. The zero-order valence-corrected chi connectivity index (χ0v) is 20.9. The van der Waals surface area contributed by atoms with Crippen LogP contribution in [0, 0.1) is 10.6 Å². The second-order valence-electron chi connectivity index (χ2n) is 8.25. The molecule has 1 atom stereocenters. The molecule has 0 fully saturated rings. The molecular weight excluding hydrogens is 441 g/mol. The zero-order chi connectivity index (χ0) is 24.1. The van der Waals surface area contributed by atoms with Crippen molar-refractivity contribution in [2.24, 2.45) is 0 Å². The first kappa shape index (κ1) is 24.9. The van der Waals surface area contributed by atoms with Crippen LogP contribution in [0.2, 0.25) is 0 Å². The van der Waals surface area contributed by atoms with E-state index in [0.717, 1.165) is 41.5 Å². The van der Waals surface area contributed by atoms with Crippen molar-refractivity contribution in [2.75, 3.05) is 41.9 Å². The van der Waals surface area contributed by atoms with Crippen LogP contribution in [-0.4, -0.2) is 66.1 Å². The quantitative estimate of drug-likeness (QED) is 0.409. The molecule has 0 amide bonds. The molecule has 0 radical (unpaired) electrons. The van der Waals surface area contributed by atoms with Gasteiger partial charge in [0.1, 0.15) is 5.82 Å². The highest BCUT2D eigenvalue weighted by molar-refractivity contribution is 7.71. The van der Waals surface area contributed by atoms with Crippen LogP contribution in [0.15, 0.2) is 42.5 Å². The van der Waals surface area contributed by atoms with Gasteiger partial charge in [0.2, 0.25) is 4.77 Å². The average molecular weight is 474 g/mol. The van der Waals surface area contributed by atoms with Crippen LogP contribution in [0.5, 0.6) is 11.5 Å². The Labute approximate surface area is 200 Å². The normalized spacial score (nSPS) is 12.4. The lowest BCUT2D eigenvalue weighted by Crippen LogP contribution is -2.25. The molecule has 3 rings (SSSR count). The van der Waals surface area contributed by atoms with E-state index in [0.29, 0.717) is 11.4 Å². The molecule has 0 N–H and O–H groups in total. The summed E-state index contributed by atoms with van der Waals surface area (Å²) in [5.74, 6) is 1.97. The summed E-state index contributed by atoms with van der Waals surface area (Å²) in [5.41, 5.74) is 1.95. The Kier molecular flexibility index (Phi) is 8.23. The minimum Gasteiger partial charge on any atom is -0.493 e. The third kappa shape index (κ3) is 5.79. The summed E-state index contributed by atoms with van der Waals surface area (Å²) >= 11 is 5.78. The van der Waals surface area contributed by atoms with Gasteiger partial charge in [-0.15, -0.1) is 0 Å². The van der Waals surface area contributed by atoms with Gasteiger partial charge in [0.15, 0.2) is 17.3 Å². The highest BCUT2D eigenvalue weighted by Gasteiger charge is 2.20. The van der Waals surface area contributed by atoms with E-state index in [1.54, 1.807) is 26.4 Å². The summed E-state index contributed by atoms with van der Waals surface area (Å²) in [6.45, 7) is 3.41. The second-order valence-corrected chi connectivity index (χ2v) is 8.62. The molecule has 1 aromatic heterocycles. The van der Waals surface area contributed by atoms with Crippen LogP contribution in [0.3, 0.4) is 0 Å². The van der Waals surface area contributed by atoms with E-state index in [1.165, 1.54) is 12.1 Å². The van der Waals surface area contributed by atoms with Gasteiger partial charge in [0.05, 0.1) is 26.9 Å². The van der Waals surface area contributed by atoms with Gasteiger partial charge in [0.25, 0.3) is 0 Å². The number of rotatable bonds is 10. The number of methoxy groups -OCH3 is 2. The van der Waals surface area contributed by atoms with E-state index in [2.05, 4.69) is 16.7 Å². The Morgan fingerprint density at radius 1 is 1.03 bits per heavy atom. The molecule has 0 bridgehead atoms. The summed E-state index contributed by atoms with van der Waals surface area (Å²) in [4.78, 5) is 4.24. The molecule has 7 nitrogen and oxygen atoms in total. The summed E-state index contributed by atoms with van der Waals surface area (Å²) in [5, 5.41) is 4.84. The molecular formula is C24H32FN5O2S. The second kappa shape index (κ2) is 10.9. The van der Waals surface area contributed by atoms with E-state index in [4.69, 9.17) is 26.8 Å². The topological polar surface area (TPSA) is 47.7 Å². The van der Waals surface area contributed by atoms with E-state index in [-0.39, 0.29) is 11.9 Å². The average Bonchev–Trinajstić information content (AvgIpc) is 3.13. The number of halogens is 1. The first-order valence-corrected chi connectivity index (χ1v) is 11.2. The molecule has 178 valence electrons. The van der Waals surface area contributed by atoms with Crippen molar-refractivity contribution < 1.29 is 13.9 Å². The number of likely N-dealkylation sites (N-methyl/N-ethyl adjacent to an activating group) is 1. The number of hydrogen-bond donors (Lipinski definition) is 0. The van der Waals surface area contributed by atoms with Gasteiger partial charge in [0, 0.05) is 12.2 Å². The predicted octanol–water partition coefficient (Wildman–Crippen LogP) is 4.31. The maximum atomic E-state index is 13.5. The first-order chi connectivity index (χ1) is 15.7. The molecule has 3 aromatic rings. The Morgan fingerprint density at radius 2 is 1.70 bits per heavy atom. The van der Waals surface area contributed by atoms with Crippen LogP contribution >= 0.6 is 12.2 Å². The van der Waals surface area contributed by atoms with Gasteiger partial charge >= 0.3 is 0 Å². The maximum absolute atomic E-state index is 13.5. The van der Waals surface area contributed by atoms with Crippen molar-refractivity contribution in [3.05, 3.63) is 64.4 Å². The fourth-order valence-corrected chi connectivity index (χ4v) is 3.80. The van der Waals surface area contributed by atoms with Crippen LogP contribution in [-0.2, 0) is 13.1 Å². The third-order valence-corrected chi connectivity index (χ3v) is 6.10. The Balaban J connectivity index is 1.81. The van der Waals surface area contributed by atoms with E-state index in [9.17, 15) is 4.39 Å². The fraction of sp³-hybridized carbons (Fsp3) is 0.417. The first-order valence-electron chi connectivity index (χ1n) is 10.8. The molecule has 33 heavy (non-hydrogen) atoms. The van der Waals surface area contributed by atoms with Crippen molar-refractivity contribution >= 4 is 12.2 Å². The van der Waals surface area contributed by atoms with Gasteiger partial charge in [-0.25, -0.2) is 9.07 Å². The highest BCUT2D eigenvalue weighted by Crippen LogP contribution is 2.28. The Morgan fingerprint density at radius 3 is 2.30 bits per heavy atom. The molecule has 1 heterocycles. The zero-order valence-electron chi connectivity index (χ0n) is 20.1. The minimum atomic E-state index is -0.283. The molecule has 2 aromatic carbocycles. The summed E-state index contributed by atoms with van der Waals surface area (Å²) < 4.78 is 28.5. The van der Waals surface area contributed by atoms with Crippen molar-refractivity contribution in [3.63, 3.8) is 0 Å². The third-order valence-electron chi connectivity index (χ3n) is 5.70. The van der Waals surface area contributed by atoms with Crippen LogP contribution in [0.25, 0.3) is 5.69 Å². The van der Waals surface area contributed by atoms with Gasteiger partial charge in [-0.1, -0.05) is 6.07 Å². The van der Waals surface area contributed by atoms with Crippen LogP contribution in [0.1, 0.15) is 24.4 Å². The molecule has 0 saturated carbocycles. The lowest BCUT2D eigenvalue weighted by Gasteiger charge is -2.19. The van der Waals surface area contributed by atoms with Crippen molar-refractivity contribution in [1.82, 2.24) is 24.1 Å². The van der Waals surface area contributed by atoms with E-state index >= 15 is 0 Å². The molecule has 0 aliphatic heterocycles. The standard InChI is InChI=1S/C24H32FN5O2S/c1-17(27(2)3)23-26-29(24(33)30(23)20-10-8-19(25)9-11-20)16-28(4)14-13-18-7-12-21(31-5)22(15-18)32-6/h7-12,15,17H,13-14,16H2,1-6H3. The van der Waals surface area contributed by atoms with Crippen LogP contribution < -0.4 is 9.47 Å². The van der Waals surface area contributed by atoms with Gasteiger partial charge in [-0.2, -0.15) is 5.10 Å². The molecule has 0 saturated heterocycles. The predicted molar refractivity (Wildman–Crippen MR) is 130 cm³/mol. The molecule has 1 unspecified atom stereocenters. The summed E-state index contributed by atoms with van der Waals surface area (Å²) in [7, 11) is 9.30. The minimum absolute atomic E-state index is 0.0232. The smallest absolute Gasteiger partial charge is 0.203 e. The largest absolute Gasteiger partial charge is 0.493 e. The fourth-order valence-electron chi connectivity index (χ4n) is 3.51. The molecule has 9 heteroatoms. The number of benzene rings is 2. The van der Waals surface area contributed by atoms with Gasteiger partial charge in [-0.3, -0.25) is 14.4 Å². The van der Waals surface area contributed by atoms with Crippen molar-refractivity contribution in [2.45, 2.75) is 26.1 Å². The number of aromatic nitrogens is 3. The maximum Gasteiger partial charge on any atom is 0.203 e.